The average Bonchev–Trinajstić information content (AvgIpc) is 2.47. The summed E-state index contributed by atoms with van der Waals surface area (Å²) in [5, 5.41) is 4.73. The normalized spacial score (nSPS) is 11.3. The van der Waals surface area contributed by atoms with Crippen LogP contribution in [0.25, 0.3) is 10.1 Å². The van der Waals surface area contributed by atoms with Gasteiger partial charge >= 0.3 is 0 Å². The molecule has 1 aromatic heterocycles. The molecule has 0 aliphatic carbocycles. The number of fused-ring (bicyclic) bond motifs is 1. The first kappa shape index (κ1) is 7.31. The van der Waals surface area contributed by atoms with Gasteiger partial charge in [0, 0.05) is 9.58 Å². The molecule has 2 aromatic rings. The third-order valence-electron chi connectivity index (χ3n) is 1.65. The van der Waals surface area contributed by atoms with Crippen molar-refractivity contribution < 1.29 is 0 Å². The van der Waals surface area contributed by atoms with Crippen LogP contribution in [-0.2, 0) is 0 Å². The van der Waals surface area contributed by atoms with Gasteiger partial charge < -0.3 is 5.84 Å². The summed E-state index contributed by atoms with van der Waals surface area (Å²) in [4.78, 5) is 1.10. The van der Waals surface area contributed by atoms with Crippen LogP contribution in [0.15, 0.2) is 35.4 Å². The fraction of sp³-hybridized carbons (Fsp3) is 0. The maximum Gasteiger partial charge on any atom is 0.0638 e. The van der Waals surface area contributed by atoms with Crippen molar-refractivity contribution in [3.05, 3.63) is 35.2 Å². The molecule has 0 atom stereocenters. The minimum absolute atomic E-state index is 1.10. The van der Waals surface area contributed by atoms with Crippen molar-refractivity contribution in [3.63, 3.8) is 0 Å². The molecule has 0 aliphatic rings. The van der Waals surface area contributed by atoms with Gasteiger partial charge in [-0.3, -0.25) is 0 Å². The predicted molar refractivity (Wildman–Crippen MR) is 53.6 cm³/mol. The quantitative estimate of drug-likeness (QED) is 0.404. The summed E-state index contributed by atoms with van der Waals surface area (Å²) in [6.07, 6.45) is 1.67. The molecule has 0 saturated carbocycles. The van der Waals surface area contributed by atoms with E-state index in [0.717, 1.165) is 4.88 Å². The van der Waals surface area contributed by atoms with Crippen molar-refractivity contribution in [1.29, 1.82) is 0 Å². The fourth-order valence-corrected chi connectivity index (χ4v) is 2.08. The number of nitrogens with two attached hydrogens (primary N) is 1. The van der Waals surface area contributed by atoms with E-state index in [-0.39, 0.29) is 0 Å². The number of benzene rings is 1. The first-order valence-corrected chi connectivity index (χ1v) is 4.43. The topological polar surface area (TPSA) is 38.4 Å². The van der Waals surface area contributed by atoms with Crippen molar-refractivity contribution in [2.24, 2.45) is 10.9 Å². The molecule has 12 heavy (non-hydrogen) atoms. The van der Waals surface area contributed by atoms with E-state index in [1.165, 1.54) is 10.1 Å². The Bertz CT molecular complexity index is 384. The molecule has 2 nitrogen and oxygen atoms in total. The van der Waals surface area contributed by atoms with Crippen LogP contribution in [0.1, 0.15) is 4.88 Å². The summed E-state index contributed by atoms with van der Waals surface area (Å²) in [6.45, 7) is 0. The molecule has 0 unspecified atom stereocenters. The summed E-state index contributed by atoms with van der Waals surface area (Å²) < 4.78 is 1.27. The van der Waals surface area contributed by atoms with Crippen molar-refractivity contribution in [1.82, 2.24) is 0 Å². The highest BCUT2D eigenvalue weighted by Gasteiger charge is 1.96. The largest absolute Gasteiger partial charge is 0.323 e. The fourth-order valence-electron chi connectivity index (χ4n) is 1.14. The van der Waals surface area contributed by atoms with Gasteiger partial charge in [0.05, 0.1) is 6.21 Å². The molecule has 1 heterocycles. The van der Waals surface area contributed by atoms with Gasteiger partial charge in [0.2, 0.25) is 0 Å². The molecule has 60 valence electrons. The van der Waals surface area contributed by atoms with Crippen molar-refractivity contribution in [2.45, 2.75) is 0 Å². The zero-order valence-electron chi connectivity index (χ0n) is 6.40. The lowest BCUT2D eigenvalue weighted by molar-refractivity contribution is 1.27. The van der Waals surface area contributed by atoms with E-state index < -0.39 is 0 Å². The zero-order valence-corrected chi connectivity index (χ0v) is 7.21. The maximum absolute atomic E-state index is 5.06. The lowest BCUT2D eigenvalue weighted by atomic mass is 10.2. The Balaban J connectivity index is 2.62. The number of hydrazone groups is 1. The second-order valence-corrected chi connectivity index (χ2v) is 3.58. The Morgan fingerprint density at radius 2 is 2.17 bits per heavy atom. The van der Waals surface area contributed by atoms with E-state index in [1.807, 2.05) is 12.1 Å². The Labute approximate surface area is 74.3 Å². The molecule has 0 amide bonds. The lowest BCUT2D eigenvalue weighted by Crippen LogP contribution is -1.80. The van der Waals surface area contributed by atoms with Gasteiger partial charge in [-0.2, -0.15) is 5.10 Å². The highest BCUT2D eigenvalue weighted by molar-refractivity contribution is 7.20. The summed E-state index contributed by atoms with van der Waals surface area (Å²) >= 11 is 1.69. The zero-order chi connectivity index (χ0) is 8.39. The first-order chi connectivity index (χ1) is 5.90. The highest BCUT2D eigenvalue weighted by Crippen LogP contribution is 2.23. The summed E-state index contributed by atoms with van der Waals surface area (Å²) in [6, 6.07) is 10.3. The van der Waals surface area contributed by atoms with Gasteiger partial charge in [-0.15, -0.1) is 11.3 Å². The number of hydrogen-bond donors (Lipinski definition) is 1. The third kappa shape index (κ3) is 1.19. The maximum atomic E-state index is 5.06. The van der Waals surface area contributed by atoms with E-state index in [9.17, 15) is 0 Å². The average molecular weight is 176 g/mol. The van der Waals surface area contributed by atoms with E-state index in [4.69, 9.17) is 5.84 Å². The van der Waals surface area contributed by atoms with Crippen LogP contribution in [-0.4, -0.2) is 6.21 Å². The van der Waals surface area contributed by atoms with E-state index in [2.05, 4.69) is 23.3 Å². The smallest absolute Gasteiger partial charge is 0.0638 e. The second-order valence-electron chi connectivity index (χ2n) is 2.46. The summed E-state index contributed by atoms with van der Waals surface area (Å²) in [5.41, 5.74) is 0. The van der Waals surface area contributed by atoms with Crippen LogP contribution in [0, 0.1) is 0 Å². The first-order valence-electron chi connectivity index (χ1n) is 3.62. The van der Waals surface area contributed by atoms with Crippen LogP contribution in [0.3, 0.4) is 0 Å². The number of nitrogens with zero attached hydrogens (tertiary/aromatic N) is 1. The van der Waals surface area contributed by atoms with Crippen molar-refractivity contribution in [2.75, 3.05) is 0 Å². The molecule has 0 bridgehead atoms. The molecular formula is C9H8N2S. The van der Waals surface area contributed by atoms with Crippen molar-refractivity contribution in [3.8, 4) is 0 Å². The molecule has 0 spiro atoms. The second kappa shape index (κ2) is 2.95. The Kier molecular flexibility index (Phi) is 1.80. The van der Waals surface area contributed by atoms with Crippen molar-refractivity contribution >= 4 is 27.6 Å². The van der Waals surface area contributed by atoms with Crippen LogP contribution >= 0.6 is 11.3 Å². The van der Waals surface area contributed by atoms with Gasteiger partial charge in [-0.05, 0) is 17.5 Å². The van der Waals surface area contributed by atoms with Gasteiger partial charge in [0.15, 0.2) is 0 Å². The number of hydrogen-bond acceptors (Lipinski definition) is 3. The van der Waals surface area contributed by atoms with Gasteiger partial charge in [-0.25, -0.2) is 0 Å². The molecule has 0 aliphatic heterocycles. The molecule has 1 aromatic carbocycles. The Morgan fingerprint density at radius 1 is 1.33 bits per heavy atom. The van der Waals surface area contributed by atoms with Gasteiger partial charge in [0.1, 0.15) is 0 Å². The molecule has 2 rings (SSSR count). The summed E-state index contributed by atoms with van der Waals surface area (Å²) in [5.74, 6) is 5.06. The van der Waals surface area contributed by atoms with Gasteiger partial charge in [0.25, 0.3) is 0 Å². The minimum Gasteiger partial charge on any atom is -0.323 e. The predicted octanol–water partition coefficient (Wildman–Crippen LogP) is 2.19. The molecule has 3 heteroatoms. The number of thiophene rings is 1. The van der Waals surface area contributed by atoms with Crippen LogP contribution in [0.4, 0.5) is 0 Å². The van der Waals surface area contributed by atoms with E-state index in [1.54, 1.807) is 17.6 Å². The Hall–Kier alpha value is -1.35. The number of rotatable bonds is 1. The monoisotopic (exact) mass is 176 g/mol. The highest BCUT2D eigenvalue weighted by atomic mass is 32.1. The van der Waals surface area contributed by atoms with Gasteiger partial charge in [-0.1, -0.05) is 18.2 Å². The molecule has 0 radical (unpaired) electrons. The molecule has 0 saturated heterocycles. The van der Waals surface area contributed by atoms with Crippen LogP contribution < -0.4 is 5.84 Å². The third-order valence-corrected chi connectivity index (χ3v) is 2.70. The van der Waals surface area contributed by atoms with Crippen LogP contribution in [0.5, 0.6) is 0 Å². The molecular weight excluding hydrogens is 168 g/mol. The molecule has 2 N–H and O–H groups in total. The standard InChI is InChI=1S/C9H8N2S/c10-11-6-8-5-7-3-1-2-4-9(7)12-8/h1-6H,10H2/b11-6+. The SMILES string of the molecule is N/N=C/c1cc2ccccc2s1. The minimum atomic E-state index is 1.10. The Morgan fingerprint density at radius 3 is 2.92 bits per heavy atom. The lowest BCUT2D eigenvalue weighted by Gasteiger charge is -1.82. The van der Waals surface area contributed by atoms with Crippen LogP contribution in [0.2, 0.25) is 0 Å². The van der Waals surface area contributed by atoms with E-state index in [0.29, 0.717) is 0 Å². The van der Waals surface area contributed by atoms with E-state index >= 15 is 0 Å². The molecule has 0 fully saturated rings. The summed E-state index contributed by atoms with van der Waals surface area (Å²) in [7, 11) is 0.